The van der Waals surface area contributed by atoms with E-state index in [4.69, 9.17) is 24.5 Å². The fourth-order valence-corrected chi connectivity index (χ4v) is 3.45. The van der Waals surface area contributed by atoms with Crippen molar-refractivity contribution in [2.45, 2.75) is 51.6 Å². The minimum absolute atomic E-state index is 0.105. The lowest BCUT2D eigenvalue weighted by molar-refractivity contribution is -0.159. The zero-order valence-electron chi connectivity index (χ0n) is 17.7. The van der Waals surface area contributed by atoms with Crippen LogP contribution < -0.4 is 0 Å². The lowest BCUT2D eigenvalue weighted by atomic mass is 9.76. The fraction of sp³-hybridized carbons (Fsp3) is 0.545. The minimum atomic E-state index is -1.82. The van der Waals surface area contributed by atoms with Crippen molar-refractivity contribution in [2.24, 2.45) is 5.92 Å². The lowest BCUT2D eigenvalue weighted by Gasteiger charge is -2.34. The van der Waals surface area contributed by atoms with Gasteiger partial charge in [0, 0.05) is 12.3 Å². The number of hydrogen-bond acceptors (Lipinski definition) is 6. The molecule has 1 aromatic rings. The number of Topliss-reactive ketones (excluding diaryl/α,β-unsaturated/α-hetero) is 1. The molecule has 166 valence electrons. The van der Waals surface area contributed by atoms with Gasteiger partial charge in [-0.2, -0.15) is 0 Å². The third-order valence-electron chi connectivity index (χ3n) is 4.87. The summed E-state index contributed by atoms with van der Waals surface area (Å²) < 4.78 is 5.15. The molecule has 0 radical (unpaired) electrons. The number of piperidine rings is 1. The first-order valence-electron chi connectivity index (χ1n) is 10.0. The molecular weight excluding hydrogens is 390 g/mol. The number of rotatable bonds is 7. The Labute approximate surface area is 176 Å². The summed E-state index contributed by atoms with van der Waals surface area (Å²) >= 11 is 0. The van der Waals surface area contributed by atoms with Crippen LogP contribution in [-0.4, -0.2) is 65.0 Å². The predicted molar refractivity (Wildman–Crippen MR) is 110 cm³/mol. The molecule has 0 bridgehead atoms. The van der Waals surface area contributed by atoms with E-state index in [-0.39, 0.29) is 36.6 Å². The Morgan fingerprint density at radius 2 is 1.53 bits per heavy atom. The Morgan fingerprint density at radius 3 is 2.00 bits per heavy atom. The summed E-state index contributed by atoms with van der Waals surface area (Å²) in [7, 11) is 2.12. The second-order valence-electron chi connectivity index (χ2n) is 7.64. The lowest BCUT2D eigenvalue weighted by Crippen LogP contribution is -2.35. The summed E-state index contributed by atoms with van der Waals surface area (Å²) in [5.74, 6) is -3.51. The SMILES string of the molecule is CC(C)OC(=O)CCC(=O)C(c1ccccc1)C1CCN(C)CC1.O=C(O)C(=O)O. The highest BCUT2D eigenvalue weighted by Crippen LogP contribution is 2.34. The summed E-state index contributed by atoms with van der Waals surface area (Å²) in [5.41, 5.74) is 1.08. The van der Waals surface area contributed by atoms with Crippen LogP contribution in [-0.2, 0) is 23.9 Å². The highest BCUT2D eigenvalue weighted by molar-refractivity contribution is 6.27. The smallest absolute Gasteiger partial charge is 0.414 e. The van der Waals surface area contributed by atoms with Crippen LogP contribution in [0.25, 0.3) is 0 Å². The van der Waals surface area contributed by atoms with E-state index in [1.54, 1.807) is 0 Å². The molecule has 30 heavy (non-hydrogen) atoms. The summed E-state index contributed by atoms with van der Waals surface area (Å²) in [6.07, 6.45) is 2.35. The molecule has 1 heterocycles. The number of carboxylic acid groups (broad SMARTS) is 2. The van der Waals surface area contributed by atoms with Crippen molar-refractivity contribution in [1.82, 2.24) is 4.90 Å². The van der Waals surface area contributed by atoms with E-state index in [0.717, 1.165) is 31.5 Å². The van der Waals surface area contributed by atoms with Gasteiger partial charge in [-0.1, -0.05) is 30.3 Å². The van der Waals surface area contributed by atoms with Crippen LogP contribution in [0.2, 0.25) is 0 Å². The number of benzene rings is 1. The summed E-state index contributed by atoms with van der Waals surface area (Å²) in [6.45, 7) is 5.70. The predicted octanol–water partition coefficient (Wildman–Crippen LogP) is 2.57. The second-order valence-corrected chi connectivity index (χ2v) is 7.64. The molecule has 1 aromatic carbocycles. The third-order valence-corrected chi connectivity index (χ3v) is 4.87. The van der Waals surface area contributed by atoms with Crippen LogP contribution >= 0.6 is 0 Å². The molecule has 1 fully saturated rings. The molecule has 0 spiro atoms. The molecule has 8 heteroatoms. The fourth-order valence-electron chi connectivity index (χ4n) is 3.45. The van der Waals surface area contributed by atoms with E-state index in [9.17, 15) is 9.59 Å². The van der Waals surface area contributed by atoms with Gasteiger partial charge in [0.2, 0.25) is 0 Å². The molecule has 1 unspecified atom stereocenters. The van der Waals surface area contributed by atoms with Crippen LogP contribution in [0.3, 0.4) is 0 Å². The van der Waals surface area contributed by atoms with Crippen LogP contribution in [0.1, 0.15) is 51.0 Å². The van der Waals surface area contributed by atoms with Gasteiger partial charge in [-0.25, -0.2) is 9.59 Å². The van der Waals surface area contributed by atoms with Crippen molar-refractivity contribution in [3.8, 4) is 0 Å². The molecule has 0 aromatic heterocycles. The molecule has 1 saturated heterocycles. The van der Waals surface area contributed by atoms with Gasteiger partial charge >= 0.3 is 17.9 Å². The topological polar surface area (TPSA) is 121 Å². The zero-order valence-corrected chi connectivity index (χ0v) is 17.7. The quantitative estimate of drug-likeness (QED) is 0.509. The maximum absolute atomic E-state index is 12.9. The Balaban J connectivity index is 0.000000656. The summed E-state index contributed by atoms with van der Waals surface area (Å²) in [4.78, 5) is 45.2. The number of ether oxygens (including phenoxy) is 1. The summed E-state index contributed by atoms with van der Waals surface area (Å²) in [5, 5.41) is 14.8. The van der Waals surface area contributed by atoms with E-state index in [1.807, 2.05) is 44.2 Å². The number of ketones is 1. The van der Waals surface area contributed by atoms with Crippen molar-refractivity contribution < 1.29 is 34.1 Å². The molecule has 2 N–H and O–H groups in total. The van der Waals surface area contributed by atoms with E-state index in [1.165, 1.54) is 0 Å². The molecular formula is C22H31NO7. The number of carbonyl (C=O) groups is 4. The molecule has 1 aliphatic rings. The molecule has 0 aliphatic carbocycles. The highest BCUT2D eigenvalue weighted by Gasteiger charge is 2.31. The number of carboxylic acids is 2. The number of esters is 1. The molecule has 0 amide bonds. The first-order valence-corrected chi connectivity index (χ1v) is 10.0. The van der Waals surface area contributed by atoms with Gasteiger partial charge < -0.3 is 19.8 Å². The summed E-state index contributed by atoms with van der Waals surface area (Å²) in [6, 6.07) is 10.0. The number of carbonyl (C=O) groups excluding carboxylic acids is 2. The van der Waals surface area contributed by atoms with Crippen molar-refractivity contribution in [3.05, 3.63) is 35.9 Å². The largest absolute Gasteiger partial charge is 0.473 e. The first-order chi connectivity index (χ1) is 14.1. The van der Waals surface area contributed by atoms with Crippen molar-refractivity contribution in [1.29, 1.82) is 0 Å². The average Bonchev–Trinajstić information content (AvgIpc) is 2.69. The van der Waals surface area contributed by atoms with Gasteiger partial charge in [0.15, 0.2) is 0 Å². The van der Waals surface area contributed by atoms with Crippen LogP contribution in [0, 0.1) is 5.92 Å². The van der Waals surface area contributed by atoms with Crippen LogP contribution in [0.5, 0.6) is 0 Å². The second kappa shape index (κ2) is 12.7. The Bertz CT molecular complexity index is 697. The number of nitrogens with zero attached hydrogens (tertiary/aromatic N) is 1. The van der Waals surface area contributed by atoms with Gasteiger partial charge in [0.1, 0.15) is 5.78 Å². The maximum atomic E-state index is 12.9. The van der Waals surface area contributed by atoms with Gasteiger partial charge in [-0.15, -0.1) is 0 Å². The van der Waals surface area contributed by atoms with Crippen molar-refractivity contribution >= 4 is 23.7 Å². The average molecular weight is 421 g/mol. The van der Waals surface area contributed by atoms with E-state index in [0.29, 0.717) is 5.92 Å². The monoisotopic (exact) mass is 421 g/mol. The Hall–Kier alpha value is -2.74. The van der Waals surface area contributed by atoms with Crippen LogP contribution in [0.15, 0.2) is 30.3 Å². The Morgan fingerprint density at radius 1 is 1.00 bits per heavy atom. The Kier molecular flexibility index (Phi) is 10.7. The maximum Gasteiger partial charge on any atom is 0.414 e. The zero-order chi connectivity index (χ0) is 22.7. The number of hydrogen-bond donors (Lipinski definition) is 2. The van der Waals surface area contributed by atoms with Gasteiger partial charge in [-0.05, 0) is 58.3 Å². The number of likely N-dealkylation sites (tertiary alicyclic amines) is 1. The van der Waals surface area contributed by atoms with Gasteiger partial charge in [0.05, 0.1) is 12.5 Å². The van der Waals surface area contributed by atoms with Crippen molar-refractivity contribution in [3.63, 3.8) is 0 Å². The highest BCUT2D eigenvalue weighted by atomic mass is 16.5. The van der Waals surface area contributed by atoms with Crippen LogP contribution in [0.4, 0.5) is 0 Å². The van der Waals surface area contributed by atoms with E-state index >= 15 is 0 Å². The molecule has 2 rings (SSSR count). The number of aliphatic carboxylic acids is 2. The molecule has 1 aliphatic heterocycles. The normalized spacial score (nSPS) is 15.6. The molecule has 0 saturated carbocycles. The van der Waals surface area contributed by atoms with Gasteiger partial charge in [-0.3, -0.25) is 9.59 Å². The first kappa shape index (κ1) is 25.3. The molecule has 8 nitrogen and oxygen atoms in total. The standard InChI is InChI=1S/C20H29NO3.C2H2O4/c1-15(2)24-19(23)10-9-18(22)20(16-7-5-4-6-8-16)17-11-13-21(3)14-12-17;3-1(4)2(5)6/h4-8,15,17,20H,9-14H2,1-3H3;(H,3,4)(H,5,6). The van der Waals surface area contributed by atoms with E-state index < -0.39 is 11.9 Å². The minimum Gasteiger partial charge on any atom is -0.473 e. The van der Waals surface area contributed by atoms with E-state index in [2.05, 4.69) is 11.9 Å². The molecule has 1 atom stereocenters. The third kappa shape index (κ3) is 9.17. The van der Waals surface area contributed by atoms with Crippen molar-refractivity contribution in [2.75, 3.05) is 20.1 Å². The van der Waals surface area contributed by atoms with Gasteiger partial charge in [0.25, 0.3) is 0 Å².